The number of fused-ring (bicyclic) bond motifs is 2. The molecule has 3 unspecified atom stereocenters. The molecule has 0 heterocycles. The zero-order chi connectivity index (χ0) is 14.1. The first-order valence-corrected chi connectivity index (χ1v) is 7.74. The molecule has 2 fully saturated rings. The lowest BCUT2D eigenvalue weighted by molar-refractivity contribution is -0.122. The van der Waals surface area contributed by atoms with Crippen molar-refractivity contribution in [1.29, 1.82) is 0 Å². The maximum atomic E-state index is 12.1. The van der Waals surface area contributed by atoms with E-state index in [1.165, 1.54) is 25.7 Å². The molecule has 2 aliphatic rings. The molecule has 3 heteroatoms. The van der Waals surface area contributed by atoms with Crippen LogP contribution >= 0.6 is 0 Å². The lowest BCUT2D eigenvalue weighted by Gasteiger charge is -2.21. The highest BCUT2D eigenvalue weighted by Crippen LogP contribution is 2.49. The summed E-state index contributed by atoms with van der Waals surface area (Å²) in [5.41, 5.74) is 8.88. The third kappa shape index (κ3) is 2.67. The van der Waals surface area contributed by atoms with Gasteiger partial charge < -0.3 is 11.1 Å². The molecule has 2 bridgehead atoms. The minimum Gasteiger partial charge on any atom is -0.399 e. The van der Waals surface area contributed by atoms with E-state index in [1.807, 2.05) is 25.1 Å². The van der Waals surface area contributed by atoms with E-state index in [2.05, 4.69) is 5.32 Å². The number of hydrogen-bond acceptors (Lipinski definition) is 2. The summed E-state index contributed by atoms with van der Waals surface area (Å²) in [6, 6.07) is 5.87. The first kappa shape index (κ1) is 13.5. The first-order valence-electron chi connectivity index (χ1n) is 7.74. The lowest BCUT2D eigenvalue weighted by atomic mass is 9.86. The summed E-state index contributed by atoms with van der Waals surface area (Å²) in [6.45, 7) is 2.60. The van der Waals surface area contributed by atoms with Gasteiger partial charge in [0, 0.05) is 18.7 Å². The molecule has 3 atom stereocenters. The molecular formula is C17H24N2O. The summed E-state index contributed by atoms with van der Waals surface area (Å²) in [5, 5.41) is 3.06. The Morgan fingerprint density at radius 2 is 2.20 bits per heavy atom. The van der Waals surface area contributed by atoms with Crippen molar-refractivity contribution in [2.45, 2.75) is 45.6 Å². The summed E-state index contributed by atoms with van der Waals surface area (Å²) >= 11 is 0. The number of nitrogen functional groups attached to an aromatic ring is 1. The van der Waals surface area contributed by atoms with E-state index in [4.69, 9.17) is 5.73 Å². The van der Waals surface area contributed by atoms with Crippen molar-refractivity contribution in [3.8, 4) is 0 Å². The topological polar surface area (TPSA) is 55.1 Å². The molecule has 1 aromatic carbocycles. The van der Waals surface area contributed by atoms with Gasteiger partial charge in [0.05, 0.1) is 0 Å². The quantitative estimate of drug-likeness (QED) is 0.828. The fourth-order valence-corrected chi connectivity index (χ4v) is 4.03. The summed E-state index contributed by atoms with van der Waals surface area (Å²) in [5.74, 6) is 2.56. The van der Waals surface area contributed by atoms with Gasteiger partial charge in [-0.1, -0.05) is 18.6 Å². The van der Waals surface area contributed by atoms with Gasteiger partial charge in [0.15, 0.2) is 0 Å². The molecule has 2 aliphatic carbocycles. The SMILES string of the molecule is Cc1c(N)cccc1CNC(=O)CC1CC2CCC1C2. The van der Waals surface area contributed by atoms with E-state index in [0.717, 1.165) is 28.7 Å². The molecule has 1 aromatic rings. The van der Waals surface area contributed by atoms with Gasteiger partial charge in [-0.25, -0.2) is 0 Å². The van der Waals surface area contributed by atoms with Crippen LogP contribution in [0.3, 0.4) is 0 Å². The minimum atomic E-state index is 0.198. The first-order chi connectivity index (χ1) is 9.63. The van der Waals surface area contributed by atoms with Gasteiger partial charge in [0.1, 0.15) is 0 Å². The molecule has 0 spiro atoms. The molecule has 3 N–H and O–H groups in total. The monoisotopic (exact) mass is 272 g/mol. The van der Waals surface area contributed by atoms with E-state index in [0.29, 0.717) is 18.9 Å². The number of anilines is 1. The molecule has 0 saturated heterocycles. The third-order valence-corrected chi connectivity index (χ3v) is 5.30. The highest BCUT2D eigenvalue weighted by Gasteiger charge is 2.39. The van der Waals surface area contributed by atoms with Crippen molar-refractivity contribution in [2.75, 3.05) is 5.73 Å². The normalized spacial score (nSPS) is 27.8. The van der Waals surface area contributed by atoms with Crippen molar-refractivity contribution >= 4 is 11.6 Å². The summed E-state index contributed by atoms with van der Waals surface area (Å²) in [6.07, 6.45) is 6.09. The average Bonchev–Trinajstić information content (AvgIpc) is 3.03. The van der Waals surface area contributed by atoms with E-state index in [1.54, 1.807) is 0 Å². The smallest absolute Gasteiger partial charge is 0.220 e. The van der Waals surface area contributed by atoms with Gasteiger partial charge in [-0.15, -0.1) is 0 Å². The Morgan fingerprint density at radius 1 is 1.35 bits per heavy atom. The summed E-state index contributed by atoms with van der Waals surface area (Å²) < 4.78 is 0. The number of hydrogen-bond donors (Lipinski definition) is 2. The molecular weight excluding hydrogens is 248 g/mol. The average molecular weight is 272 g/mol. The van der Waals surface area contributed by atoms with Gasteiger partial charge in [0.2, 0.25) is 5.91 Å². The van der Waals surface area contributed by atoms with Crippen LogP contribution in [0.15, 0.2) is 18.2 Å². The van der Waals surface area contributed by atoms with Crippen LogP contribution in [0.25, 0.3) is 0 Å². The number of amides is 1. The number of benzene rings is 1. The van der Waals surface area contributed by atoms with Crippen molar-refractivity contribution < 1.29 is 4.79 Å². The Kier molecular flexibility index (Phi) is 3.68. The van der Waals surface area contributed by atoms with Gasteiger partial charge in [-0.05, 0) is 61.1 Å². The Morgan fingerprint density at radius 3 is 2.90 bits per heavy atom. The van der Waals surface area contributed by atoms with Crippen LogP contribution in [0.1, 0.15) is 43.2 Å². The minimum absolute atomic E-state index is 0.198. The molecule has 3 rings (SSSR count). The number of nitrogens with two attached hydrogens (primary N) is 1. The van der Waals surface area contributed by atoms with Crippen LogP contribution < -0.4 is 11.1 Å². The van der Waals surface area contributed by atoms with Crippen LogP contribution in [0.5, 0.6) is 0 Å². The Hall–Kier alpha value is -1.51. The van der Waals surface area contributed by atoms with Crippen LogP contribution in [0.4, 0.5) is 5.69 Å². The van der Waals surface area contributed by atoms with Gasteiger partial charge in [-0.2, -0.15) is 0 Å². The van der Waals surface area contributed by atoms with E-state index < -0.39 is 0 Å². The maximum Gasteiger partial charge on any atom is 0.220 e. The van der Waals surface area contributed by atoms with E-state index in [9.17, 15) is 4.79 Å². The van der Waals surface area contributed by atoms with E-state index >= 15 is 0 Å². The van der Waals surface area contributed by atoms with Crippen LogP contribution in [0.2, 0.25) is 0 Å². The zero-order valence-electron chi connectivity index (χ0n) is 12.2. The second-order valence-corrected chi connectivity index (χ2v) is 6.55. The molecule has 3 nitrogen and oxygen atoms in total. The molecule has 0 radical (unpaired) electrons. The lowest BCUT2D eigenvalue weighted by Crippen LogP contribution is -2.27. The summed E-state index contributed by atoms with van der Waals surface area (Å²) in [4.78, 5) is 12.1. The third-order valence-electron chi connectivity index (χ3n) is 5.30. The highest BCUT2D eigenvalue weighted by molar-refractivity contribution is 5.76. The van der Waals surface area contributed by atoms with Crippen molar-refractivity contribution in [3.63, 3.8) is 0 Å². The number of rotatable bonds is 4. The highest BCUT2D eigenvalue weighted by atomic mass is 16.1. The Bertz CT molecular complexity index is 512. The predicted molar refractivity (Wildman–Crippen MR) is 81.0 cm³/mol. The molecule has 0 aromatic heterocycles. The second-order valence-electron chi connectivity index (χ2n) is 6.55. The van der Waals surface area contributed by atoms with Crippen molar-refractivity contribution in [1.82, 2.24) is 5.32 Å². The number of carbonyl (C=O) groups is 1. The number of nitrogens with one attached hydrogen (secondary N) is 1. The van der Waals surface area contributed by atoms with Crippen molar-refractivity contribution in [2.24, 2.45) is 17.8 Å². The molecule has 20 heavy (non-hydrogen) atoms. The maximum absolute atomic E-state index is 12.1. The largest absolute Gasteiger partial charge is 0.399 e. The van der Waals surface area contributed by atoms with E-state index in [-0.39, 0.29) is 5.91 Å². The fraction of sp³-hybridized carbons (Fsp3) is 0.588. The van der Waals surface area contributed by atoms with Crippen LogP contribution in [-0.2, 0) is 11.3 Å². The van der Waals surface area contributed by atoms with Gasteiger partial charge in [0.25, 0.3) is 0 Å². The molecule has 108 valence electrons. The second kappa shape index (κ2) is 5.47. The molecule has 0 aliphatic heterocycles. The summed E-state index contributed by atoms with van der Waals surface area (Å²) in [7, 11) is 0. The number of carbonyl (C=O) groups excluding carboxylic acids is 1. The fourth-order valence-electron chi connectivity index (χ4n) is 4.03. The van der Waals surface area contributed by atoms with Crippen molar-refractivity contribution in [3.05, 3.63) is 29.3 Å². The van der Waals surface area contributed by atoms with Gasteiger partial charge >= 0.3 is 0 Å². The van der Waals surface area contributed by atoms with Crippen LogP contribution in [-0.4, -0.2) is 5.91 Å². The van der Waals surface area contributed by atoms with Gasteiger partial charge in [-0.3, -0.25) is 4.79 Å². The standard InChI is InChI=1S/C17H24N2O/c1-11-14(3-2-4-16(11)18)10-19-17(20)9-15-8-12-5-6-13(15)7-12/h2-4,12-13,15H,5-10,18H2,1H3,(H,19,20). The Labute approximate surface area is 120 Å². The molecule has 2 saturated carbocycles. The van der Waals surface area contributed by atoms with Crippen LogP contribution in [0, 0.1) is 24.7 Å². The Balaban J connectivity index is 1.51. The zero-order valence-corrected chi connectivity index (χ0v) is 12.2. The predicted octanol–water partition coefficient (Wildman–Crippen LogP) is 3.02. The molecule has 1 amide bonds.